The van der Waals surface area contributed by atoms with E-state index < -0.39 is 12.1 Å². The van der Waals surface area contributed by atoms with Gasteiger partial charge in [-0.3, -0.25) is 9.59 Å². The molecule has 1 aliphatic rings. The van der Waals surface area contributed by atoms with Crippen molar-refractivity contribution in [3.8, 4) is 0 Å². The number of hydrogen-bond donors (Lipinski definition) is 2. The summed E-state index contributed by atoms with van der Waals surface area (Å²) < 4.78 is 13.1. The number of nitrogens with one attached hydrogen (secondary N) is 2. The number of carbonyl (C=O) groups is 2. The molecule has 3 rings (SSSR count). The van der Waals surface area contributed by atoms with Crippen LogP contribution in [0.3, 0.4) is 0 Å². The van der Waals surface area contributed by atoms with Crippen molar-refractivity contribution in [3.63, 3.8) is 0 Å². The van der Waals surface area contributed by atoms with Crippen LogP contribution in [-0.2, 0) is 16.0 Å². The Morgan fingerprint density at radius 3 is 3.10 bits per heavy atom. The molecule has 0 saturated carbocycles. The molecular weight excluding hydrogens is 275 g/mol. The molecule has 3 heterocycles. The Kier molecular flexibility index (Phi) is 3.64. The van der Waals surface area contributed by atoms with Crippen LogP contribution in [0.25, 0.3) is 11.0 Å². The Balaban J connectivity index is 1.56. The number of alkyl halides is 1. The number of amides is 1. The van der Waals surface area contributed by atoms with Crippen LogP contribution in [0.1, 0.15) is 24.8 Å². The molecule has 21 heavy (non-hydrogen) atoms. The number of hydrogen-bond acceptors (Lipinski definition) is 4. The topological polar surface area (TPSA) is 87.7 Å². The molecule has 6 nitrogen and oxygen atoms in total. The van der Waals surface area contributed by atoms with E-state index in [9.17, 15) is 14.0 Å². The first-order valence-electron chi connectivity index (χ1n) is 6.85. The van der Waals surface area contributed by atoms with Gasteiger partial charge in [-0.25, -0.2) is 14.4 Å². The molecule has 110 valence electrons. The maximum atomic E-state index is 13.1. The Morgan fingerprint density at radius 1 is 1.48 bits per heavy atom. The van der Waals surface area contributed by atoms with E-state index in [2.05, 4.69) is 20.3 Å². The summed E-state index contributed by atoms with van der Waals surface area (Å²) in [7, 11) is 0. The molecule has 0 bridgehead atoms. The summed E-state index contributed by atoms with van der Waals surface area (Å²) in [6, 6.07) is -0.234. The molecule has 0 radical (unpaired) electrons. The minimum Gasteiger partial charge on any atom is -0.351 e. The lowest BCUT2D eigenvalue weighted by Gasteiger charge is -2.08. The van der Waals surface area contributed by atoms with Crippen molar-refractivity contribution in [2.45, 2.75) is 37.9 Å². The second-order valence-electron chi connectivity index (χ2n) is 5.26. The summed E-state index contributed by atoms with van der Waals surface area (Å²) in [6.07, 6.45) is 4.68. The van der Waals surface area contributed by atoms with Crippen LogP contribution in [-0.4, -0.2) is 38.9 Å². The van der Waals surface area contributed by atoms with Crippen molar-refractivity contribution in [3.05, 3.63) is 24.3 Å². The molecule has 0 aliphatic carbocycles. The summed E-state index contributed by atoms with van der Waals surface area (Å²) in [5, 5.41) is 3.39. The number of halogens is 1. The summed E-state index contributed by atoms with van der Waals surface area (Å²) in [6.45, 7) is 0. The molecule has 1 fully saturated rings. The van der Waals surface area contributed by atoms with E-state index in [1.165, 1.54) is 6.33 Å². The van der Waals surface area contributed by atoms with E-state index in [-0.39, 0.29) is 24.7 Å². The van der Waals surface area contributed by atoms with Crippen molar-refractivity contribution in [1.29, 1.82) is 0 Å². The third-order valence-electron chi connectivity index (χ3n) is 3.72. The van der Waals surface area contributed by atoms with Crippen LogP contribution < -0.4 is 5.32 Å². The highest BCUT2D eigenvalue weighted by atomic mass is 19.1. The van der Waals surface area contributed by atoms with Gasteiger partial charge in [-0.2, -0.15) is 0 Å². The highest BCUT2D eigenvalue weighted by Gasteiger charge is 2.31. The molecule has 7 heteroatoms. The van der Waals surface area contributed by atoms with Crippen LogP contribution in [0.4, 0.5) is 4.39 Å². The predicted octanol–water partition coefficient (Wildman–Crippen LogP) is 1.08. The molecule has 1 amide bonds. The van der Waals surface area contributed by atoms with Gasteiger partial charge in [0.1, 0.15) is 17.8 Å². The fraction of sp³-hybridized carbons (Fsp3) is 0.429. The summed E-state index contributed by atoms with van der Waals surface area (Å²) >= 11 is 0. The molecule has 1 aliphatic heterocycles. The zero-order valence-electron chi connectivity index (χ0n) is 11.3. The van der Waals surface area contributed by atoms with Gasteiger partial charge in [-0.15, -0.1) is 0 Å². The summed E-state index contributed by atoms with van der Waals surface area (Å²) in [5.74, 6) is -0.516. The van der Waals surface area contributed by atoms with E-state index in [4.69, 9.17) is 0 Å². The quantitative estimate of drug-likeness (QED) is 0.862. The first-order valence-corrected chi connectivity index (χ1v) is 6.85. The SMILES string of the molecule is O=C(CCC1CC(F)C(=O)N1)Cc1c[nH]c2ncncc12. The van der Waals surface area contributed by atoms with Gasteiger partial charge in [0.2, 0.25) is 0 Å². The van der Waals surface area contributed by atoms with Gasteiger partial charge in [-0.1, -0.05) is 0 Å². The minimum atomic E-state index is -1.43. The highest BCUT2D eigenvalue weighted by molar-refractivity contribution is 5.88. The zero-order chi connectivity index (χ0) is 14.8. The maximum absolute atomic E-state index is 13.1. The lowest BCUT2D eigenvalue weighted by Crippen LogP contribution is -2.27. The number of aromatic nitrogens is 3. The monoisotopic (exact) mass is 290 g/mol. The highest BCUT2D eigenvalue weighted by Crippen LogP contribution is 2.18. The smallest absolute Gasteiger partial charge is 0.254 e. The van der Waals surface area contributed by atoms with E-state index in [0.717, 1.165) is 10.9 Å². The normalized spacial score (nSPS) is 21.7. The fourth-order valence-corrected chi connectivity index (χ4v) is 2.59. The molecule has 2 aromatic rings. The Bertz CT molecular complexity index is 684. The maximum Gasteiger partial charge on any atom is 0.254 e. The number of carbonyl (C=O) groups excluding carboxylic acids is 2. The Labute approximate surface area is 120 Å². The van der Waals surface area contributed by atoms with Crippen LogP contribution in [0.2, 0.25) is 0 Å². The van der Waals surface area contributed by atoms with E-state index in [1.807, 2.05) is 0 Å². The molecule has 2 atom stereocenters. The lowest BCUT2D eigenvalue weighted by atomic mass is 10.0. The molecule has 2 aromatic heterocycles. The van der Waals surface area contributed by atoms with Crippen molar-refractivity contribution in [2.24, 2.45) is 0 Å². The number of ketones is 1. The van der Waals surface area contributed by atoms with Gasteiger partial charge < -0.3 is 10.3 Å². The third kappa shape index (κ3) is 2.91. The lowest BCUT2D eigenvalue weighted by molar-refractivity contribution is -0.123. The first kappa shape index (κ1) is 13.7. The Hall–Kier alpha value is -2.31. The van der Waals surface area contributed by atoms with Gasteiger partial charge in [0, 0.05) is 43.1 Å². The number of nitrogens with zero attached hydrogens (tertiary/aromatic N) is 2. The third-order valence-corrected chi connectivity index (χ3v) is 3.72. The number of Topliss-reactive ketones (excluding diaryl/α,β-unsaturated/α-hetero) is 1. The summed E-state index contributed by atoms with van der Waals surface area (Å²) in [5.41, 5.74) is 1.56. The average molecular weight is 290 g/mol. The van der Waals surface area contributed by atoms with E-state index in [1.54, 1.807) is 12.4 Å². The fourth-order valence-electron chi connectivity index (χ4n) is 2.59. The van der Waals surface area contributed by atoms with E-state index in [0.29, 0.717) is 18.5 Å². The van der Waals surface area contributed by atoms with Gasteiger partial charge in [0.25, 0.3) is 5.91 Å². The van der Waals surface area contributed by atoms with Crippen molar-refractivity contribution in [1.82, 2.24) is 20.3 Å². The minimum absolute atomic E-state index is 0.0521. The molecule has 2 unspecified atom stereocenters. The first-order chi connectivity index (χ1) is 10.1. The van der Waals surface area contributed by atoms with Crippen molar-refractivity contribution >= 4 is 22.7 Å². The second kappa shape index (κ2) is 5.59. The molecule has 0 spiro atoms. The van der Waals surface area contributed by atoms with Crippen LogP contribution in [0, 0.1) is 0 Å². The van der Waals surface area contributed by atoms with Gasteiger partial charge in [0.05, 0.1) is 0 Å². The average Bonchev–Trinajstić information content (AvgIpc) is 3.02. The molecular formula is C14H15FN4O2. The Morgan fingerprint density at radius 2 is 2.33 bits per heavy atom. The van der Waals surface area contributed by atoms with Gasteiger partial charge in [0.15, 0.2) is 6.17 Å². The standard InChI is InChI=1S/C14H15FN4O2/c15-12-4-9(19-14(12)21)1-2-10(20)3-8-5-17-13-11(8)6-16-7-18-13/h5-7,9,12H,1-4H2,(H,19,21)(H,16,17,18). The molecule has 2 N–H and O–H groups in total. The number of aromatic amines is 1. The van der Waals surface area contributed by atoms with E-state index >= 15 is 0 Å². The number of fused-ring (bicyclic) bond motifs is 1. The van der Waals surface area contributed by atoms with Crippen molar-refractivity contribution in [2.75, 3.05) is 0 Å². The molecule has 0 aromatic carbocycles. The van der Waals surface area contributed by atoms with Gasteiger partial charge >= 0.3 is 0 Å². The molecule has 1 saturated heterocycles. The van der Waals surface area contributed by atoms with Crippen LogP contribution >= 0.6 is 0 Å². The zero-order valence-corrected chi connectivity index (χ0v) is 11.3. The van der Waals surface area contributed by atoms with Crippen LogP contribution in [0.15, 0.2) is 18.7 Å². The number of rotatable bonds is 5. The summed E-state index contributed by atoms with van der Waals surface area (Å²) in [4.78, 5) is 34.1. The van der Waals surface area contributed by atoms with Crippen molar-refractivity contribution < 1.29 is 14.0 Å². The number of H-pyrrole nitrogens is 1. The largest absolute Gasteiger partial charge is 0.351 e. The second-order valence-corrected chi connectivity index (χ2v) is 5.26. The van der Waals surface area contributed by atoms with Crippen LogP contribution in [0.5, 0.6) is 0 Å². The predicted molar refractivity (Wildman–Crippen MR) is 73.3 cm³/mol. The van der Waals surface area contributed by atoms with Gasteiger partial charge in [-0.05, 0) is 12.0 Å².